The average Bonchev–Trinajstić information content (AvgIpc) is 2.85. The van der Waals surface area contributed by atoms with Gasteiger partial charge in [-0.05, 0) is 49.7 Å². The SMILES string of the molecule is COc1ccc(-c2c(C)oc3c4c(ccc3c2=O)OCN(CCCN2CCOCC2)C4)cc1. The van der Waals surface area contributed by atoms with Crippen molar-refractivity contribution in [1.82, 2.24) is 9.80 Å². The minimum Gasteiger partial charge on any atom is -0.497 e. The lowest BCUT2D eigenvalue weighted by Gasteiger charge is -2.31. The van der Waals surface area contributed by atoms with Gasteiger partial charge in [0, 0.05) is 26.2 Å². The van der Waals surface area contributed by atoms with E-state index in [4.69, 9.17) is 18.6 Å². The molecule has 1 fully saturated rings. The van der Waals surface area contributed by atoms with Crippen LogP contribution < -0.4 is 14.9 Å². The number of aryl methyl sites for hydroxylation is 1. The van der Waals surface area contributed by atoms with E-state index in [-0.39, 0.29) is 5.43 Å². The molecule has 7 nitrogen and oxygen atoms in total. The maximum atomic E-state index is 13.5. The fraction of sp³-hybridized carbons (Fsp3) is 0.423. The average molecular weight is 451 g/mol. The van der Waals surface area contributed by atoms with Gasteiger partial charge >= 0.3 is 0 Å². The van der Waals surface area contributed by atoms with E-state index in [0.29, 0.717) is 35.6 Å². The summed E-state index contributed by atoms with van der Waals surface area (Å²) in [5, 5.41) is 0.587. The second kappa shape index (κ2) is 9.55. The van der Waals surface area contributed by atoms with E-state index in [0.717, 1.165) is 68.4 Å². The number of ether oxygens (including phenoxy) is 3. The molecule has 5 rings (SSSR count). The number of hydrogen-bond acceptors (Lipinski definition) is 7. The van der Waals surface area contributed by atoms with Crippen molar-refractivity contribution in [3.63, 3.8) is 0 Å². The van der Waals surface area contributed by atoms with E-state index >= 15 is 0 Å². The van der Waals surface area contributed by atoms with Crippen LogP contribution in [0.4, 0.5) is 0 Å². The Morgan fingerprint density at radius 3 is 2.52 bits per heavy atom. The van der Waals surface area contributed by atoms with Crippen LogP contribution in [0.25, 0.3) is 22.1 Å². The summed E-state index contributed by atoms with van der Waals surface area (Å²) >= 11 is 0. The molecule has 0 unspecified atom stereocenters. The Balaban J connectivity index is 1.39. The predicted octanol–water partition coefficient (Wildman–Crippen LogP) is 3.65. The number of fused-ring (bicyclic) bond motifs is 3. The van der Waals surface area contributed by atoms with Crippen LogP contribution in [0.1, 0.15) is 17.7 Å². The van der Waals surface area contributed by atoms with E-state index in [9.17, 15) is 4.79 Å². The highest BCUT2D eigenvalue weighted by Gasteiger charge is 2.24. The molecule has 2 aliphatic rings. The quantitative estimate of drug-likeness (QED) is 0.568. The molecule has 0 spiro atoms. The fourth-order valence-corrected chi connectivity index (χ4v) is 4.70. The molecule has 174 valence electrons. The van der Waals surface area contributed by atoms with Crippen molar-refractivity contribution in [2.75, 3.05) is 53.2 Å². The predicted molar refractivity (Wildman–Crippen MR) is 127 cm³/mol. The van der Waals surface area contributed by atoms with Crippen LogP contribution in [0.5, 0.6) is 11.5 Å². The van der Waals surface area contributed by atoms with E-state index in [2.05, 4.69) is 9.80 Å². The summed E-state index contributed by atoms with van der Waals surface area (Å²) in [5.74, 6) is 2.16. The summed E-state index contributed by atoms with van der Waals surface area (Å²) in [6.07, 6.45) is 1.06. The van der Waals surface area contributed by atoms with Gasteiger partial charge in [0.05, 0.1) is 36.8 Å². The topological polar surface area (TPSA) is 64.4 Å². The molecule has 0 atom stereocenters. The summed E-state index contributed by atoms with van der Waals surface area (Å²) in [4.78, 5) is 18.2. The van der Waals surface area contributed by atoms with E-state index < -0.39 is 0 Å². The van der Waals surface area contributed by atoms with Crippen LogP contribution in [-0.4, -0.2) is 63.0 Å². The first-order chi connectivity index (χ1) is 16.1. The molecule has 2 aromatic carbocycles. The third-order valence-electron chi connectivity index (χ3n) is 6.51. The Labute approximate surface area is 193 Å². The van der Waals surface area contributed by atoms with E-state index in [1.54, 1.807) is 7.11 Å². The normalized spacial score (nSPS) is 17.0. The minimum atomic E-state index is -0.0221. The molecule has 3 heterocycles. The van der Waals surface area contributed by atoms with Crippen molar-refractivity contribution in [3.8, 4) is 22.6 Å². The fourth-order valence-electron chi connectivity index (χ4n) is 4.70. The number of hydrogen-bond donors (Lipinski definition) is 0. The van der Waals surface area contributed by atoms with Gasteiger partial charge < -0.3 is 18.6 Å². The summed E-state index contributed by atoms with van der Waals surface area (Å²) in [6, 6.07) is 11.2. The second-order valence-electron chi connectivity index (χ2n) is 8.64. The lowest BCUT2D eigenvalue weighted by molar-refractivity contribution is 0.0330. The highest BCUT2D eigenvalue weighted by molar-refractivity contribution is 5.86. The van der Waals surface area contributed by atoms with Gasteiger partial charge in [-0.3, -0.25) is 14.6 Å². The van der Waals surface area contributed by atoms with E-state index in [1.807, 2.05) is 43.3 Å². The molecular formula is C26H30N2O5. The smallest absolute Gasteiger partial charge is 0.200 e. The van der Waals surface area contributed by atoms with E-state index in [1.165, 1.54) is 0 Å². The highest BCUT2D eigenvalue weighted by atomic mass is 16.5. The zero-order valence-electron chi connectivity index (χ0n) is 19.3. The molecule has 33 heavy (non-hydrogen) atoms. The Bertz CT molecular complexity index is 1180. The summed E-state index contributed by atoms with van der Waals surface area (Å²) in [7, 11) is 1.63. The van der Waals surface area contributed by atoms with Crippen LogP contribution in [-0.2, 0) is 11.3 Å². The Morgan fingerprint density at radius 2 is 1.76 bits per heavy atom. The summed E-state index contributed by atoms with van der Waals surface area (Å²) in [6.45, 7) is 8.75. The van der Waals surface area contributed by atoms with Crippen molar-refractivity contribution in [2.45, 2.75) is 19.9 Å². The molecule has 0 aliphatic carbocycles. The minimum absolute atomic E-state index is 0.0221. The third kappa shape index (κ3) is 4.49. The molecule has 0 N–H and O–H groups in total. The molecule has 2 aliphatic heterocycles. The maximum absolute atomic E-state index is 13.5. The first-order valence-electron chi connectivity index (χ1n) is 11.5. The van der Waals surface area contributed by atoms with Crippen LogP contribution in [0.15, 0.2) is 45.6 Å². The summed E-state index contributed by atoms with van der Waals surface area (Å²) < 4.78 is 23.0. The van der Waals surface area contributed by atoms with Gasteiger partial charge in [0.15, 0.2) is 0 Å². The van der Waals surface area contributed by atoms with Gasteiger partial charge in [-0.15, -0.1) is 0 Å². The maximum Gasteiger partial charge on any atom is 0.200 e. The zero-order valence-corrected chi connectivity index (χ0v) is 19.3. The molecule has 3 aromatic rings. The molecule has 0 bridgehead atoms. The van der Waals surface area contributed by atoms with Gasteiger partial charge in [0.25, 0.3) is 0 Å². The van der Waals surface area contributed by atoms with Crippen molar-refractivity contribution in [1.29, 1.82) is 0 Å². The first kappa shape index (κ1) is 21.9. The highest BCUT2D eigenvalue weighted by Crippen LogP contribution is 2.34. The van der Waals surface area contributed by atoms with Gasteiger partial charge in [-0.2, -0.15) is 0 Å². The molecule has 0 amide bonds. The van der Waals surface area contributed by atoms with Gasteiger partial charge in [0.1, 0.15) is 29.6 Å². The Kier molecular flexibility index (Phi) is 6.35. The second-order valence-corrected chi connectivity index (χ2v) is 8.64. The third-order valence-corrected chi connectivity index (χ3v) is 6.51. The standard InChI is InChI=1S/C26H30N2O5/c1-18-24(19-4-6-20(30-2)7-5-19)25(29)21-8-9-23-22(26(21)33-18)16-28(17-32-23)11-3-10-27-12-14-31-15-13-27/h4-9H,3,10-17H2,1-2H3. The molecule has 1 aromatic heterocycles. The number of rotatable bonds is 6. The Morgan fingerprint density at radius 1 is 1.00 bits per heavy atom. The number of morpholine rings is 1. The molecular weight excluding hydrogens is 420 g/mol. The van der Waals surface area contributed by atoms with Crippen molar-refractivity contribution in [3.05, 3.63) is 57.9 Å². The lowest BCUT2D eigenvalue weighted by atomic mass is 10.0. The molecule has 1 saturated heterocycles. The number of nitrogens with zero attached hydrogens (tertiary/aromatic N) is 2. The van der Waals surface area contributed by atoms with Gasteiger partial charge in [0.2, 0.25) is 5.43 Å². The molecule has 0 saturated carbocycles. The lowest BCUT2D eigenvalue weighted by Crippen LogP contribution is -2.39. The molecule has 0 radical (unpaired) electrons. The monoisotopic (exact) mass is 450 g/mol. The summed E-state index contributed by atoms with van der Waals surface area (Å²) in [5.41, 5.74) is 2.97. The van der Waals surface area contributed by atoms with Crippen LogP contribution in [0.3, 0.4) is 0 Å². The van der Waals surface area contributed by atoms with Crippen LogP contribution in [0.2, 0.25) is 0 Å². The number of benzene rings is 2. The van der Waals surface area contributed by atoms with Crippen molar-refractivity contribution < 1.29 is 18.6 Å². The van der Waals surface area contributed by atoms with Crippen LogP contribution >= 0.6 is 0 Å². The number of methoxy groups -OCH3 is 1. The Hall–Kier alpha value is -2.87. The van der Waals surface area contributed by atoms with Crippen molar-refractivity contribution in [2.24, 2.45) is 0 Å². The zero-order chi connectivity index (χ0) is 22.8. The van der Waals surface area contributed by atoms with Gasteiger partial charge in [-0.25, -0.2) is 0 Å². The molecule has 7 heteroatoms. The first-order valence-corrected chi connectivity index (χ1v) is 11.5. The van der Waals surface area contributed by atoms with Crippen LogP contribution in [0, 0.1) is 6.92 Å². The van der Waals surface area contributed by atoms with Gasteiger partial charge in [-0.1, -0.05) is 12.1 Å². The largest absolute Gasteiger partial charge is 0.497 e. The van der Waals surface area contributed by atoms with Crippen molar-refractivity contribution >= 4 is 11.0 Å².